The Bertz CT molecular complexity index is 1150. The second-order valence-corrected chi connectivity index (χ2v) is 10.5. The van der Waals surface area contributed by atoms with Crippen molar-refractivity contribution >= 4 is 33.2 Å². The number of nitrogens with one attached hydrogen (secondary N) is 1. The molecular formula is C23H26ClF3N2O4S. The van der Waals surface area contributed by atoms with Gasteiger partial charge in [-0.3, -0.25) is 4.79 Å². The summed E-state index contributed by atoms with van der Waals surface area (Å²) in [5, 5.41) is 2.09. The first-order chi connectivity index (χ1) is 15.9. The number of carbonyl (C=O) groups is 1. The van der Waals surface area contributed by atoms with E-state index in [4.69, 9.17) is 16.3 Å². The van der Waals surface area contributed by atoms with Crippen LogP contribution in [0.25, 0.3) is 0 Å². The first-order valence-electron chi connectivity index (χ1n) is 10.8. The number of anilines is 1. The Kier molecular flexibility index (Phi) is 8.15. The Labute approximate surface area is 202 Å². The van der Waals surface area contributed by atoms with E-state index < -0.39 is 45.9 Å². The quantitative estimate of drug-likeness (QED) is 0.515. The van der Waals surface area contributed by atoms with Crippen molar-refractivity contribution < 1.29 is 31.1 Å². The van der Waals surface area contributed by atoms with Gasteiger partial charge in [-0.1, -0.05) is 36.9 Å². The van der Waals surface area contributed by atoms with Gasteiger partial charge in [0.1, 0.15) is 10.6 Å². The Balaban J connectivity index is 1.96. The van der Waals surface area contributed by atoms with Crippen LogP contribution >= 0.6 is 11.6 Å². The smallest absolute Gasteiger partial charge is 0.418 e. The summed E-state index contributed by atoms with van der Waals surface area (Å²) in [5.74, 6) is -0.752. The summed E-state index contributed by atoms with van der Waals surface area (Å²) < 4.78 is 74.0. The van der Waals surface area contributed by atoms with Crippen LogP contribution < -0.4 is 10.1 Å². The maximum Gasteiger partial charge on any atom is 0.418 e. The number of carbonyl (C=O) groups excluding carboxylic acids is 1. The third-order valence-corrected chi connectivity index (χ3v) is 7.90. The predicted molar refractivity (Wildman–Crippen MR) is 124 cm³/mol. The summed E-state index contributed by atoms with van der Waals surface area (Å²) in [7, 11) is -2.85. The molecule has 0 aromatic heterocycles. The van der Waals surface area contributed by atoms with Crippen molar-refractivity contribution in [1.29, 1.82) is 0 Å². The molecule has 1 aliphatic rings. The van der Waals surface area contributed by atoms with E-state index in [1.165, 1.54) is 25.3 Å². The molecule has 0 bridgehead atoms. The molecule has 6 nitrogen and oxygen atoms in total. The number of halogens is 4. The Morgan fingerprint density at radius 3 is 2.44 bits per heavy atom. The SMILES string of the molecule is COc1ccc(C)cc1S(=O)(=O)N(CC(=O)Nc1ccc(Cl)cc1C(F)(F)F)C1CCCCC1. The third kappa shape index (κ3) is 6.03. The number of amides is 1. The normalized spacial score (nSPS) is 15.4. The lowest BCUT2D eigenvalue weighted by molar-refractivity contribution is -0.137. The Hall–Kier alpha value is -2.30. The van der Waals surface area contributed by atoms with Crippen molar-refractivity contribution in [3.05, 3.63) is 52.5 Å². The lowest BCUT2D eigenvalue weighted by Crippen LogP contribution is -2.45. The zero-order chi connectivity index (χ0) is 25.1. The lowest BCUT2D eigenvalue weighted by Gasteiger charge is -2.33. The number of methoxy groups -OCH3 is 1. The number of ether oxygens (including phenoxy) is 1. The average molecular weight is 519 g/mol. The van der Waals surface area contributed by atoms with Gasteiger partial charge in [-0.25, -0.2) is 8.42 Å². The largest absolute Gasteiger partial charge is 0.495 e. The molecule has 0 aliphatic heterocycles. The van der Waals surface area contributed by atoms with E-state index in [9.17, 15) is 26.4 Å². The van der Waals surface area contributed by atoms with Crippen molar-refractivity contribution in [1.82, 2.24) is 4.31 Å². The highest BCUT2D eigenvalue weighted by molar-refractivity contribution is 7.89. The Morgan fingerprint density at radius 2 is 1.82 bits per heavy atom. The number of nitrogens with zero attached hydrogens (tertiary/aromatic N) is 1. The molecule has 0 radical (unpaired) electrons. The number of hydrogen-bond acceptors (Lipinski definition) is 4. The van der Waals surface area contributed by atoms with Crippen LogP contribution in [0.3, 0.4) is 0 Å². The predicted octanol–water partition coefficient (Wildman–Crippen LogP) is 5.64. The fourth-order valence-corrected chi connectivity index (χ4v) is 6.14. The first kappa shape index (κ1) is 26.3. The minimum absolute atomic E-state index is 0.0872. The van der Waals surface area contributed by atoms with Gasteiger partial charge >= 0.3 is 6.18 Å². The Morgan fingerprint density at radius 1 is 1.15 bits per heavy atom. The van der Waals surface area contributed by atoms with E-state index in [0.29, 0.717) is 24.5 Å². The van der Waals surface area contributed by atoms with E-state index in [1.54, 1.807) is 13.0 Å². The average Bonchev–Trinajstić information content (AvgIpc) is 2.78. The van der Waals surface area contributed by atoms with Crippen LogP contribution in [0.15, 0.2) is 41.3 Å². The van der Waals surface area contributed by atoms with Gasteiger partial charge in [0.15, 0.2) is 0 Å². The highest BCUT2D eigenvalue weighted by atomic mass is 35.5. The molecule has 0 saturated heterocycles. The first-order valence-corrected chi connectivity index (χ1v) is 12.6. The molecule has 0 unspecified atom stereocenters. The molecule has 34 heavy (non-hydrogen) atoms. The highest BCUT2D eigenvalue weighted by Gasteiger charge is 2.37. The number of benzene rings is 2. The van der Waals surface area contributed by atoms with Gasteiger partial charge in [-0.2, -0.15) is 17.5 Å². The highest BCUT2D eigenvalue weighted by Crippen LogP contribution is 2.37. The number of aryl methyl sites for hydroxylation is 1. The number of hydrogen-bond donors (Lipinski definition) is 1. The molecule has 2 aromatic carbocycles. The monoisotopic (exact) mass is 518 g/mol. The van der Waals surface area contributed by atoms with Crippen LogP contribution in [-0.2, 0) is 21.0 Å². The summed E-state index contributed by atoms with van der Waals surface area (Å²) in [4.78, 5) is 12.8. The van der Waals surface area contributed by atoms with Crippen LogP contribution in [-0.4, -0.2) is 38.3 Å². The van der Waals surface area contributed by atoms with Crippen molar-refractivity contribution in [2.75, 3.05) is 19.0 Å². The molecule has 11 heteroatoms. The van der Waals surface area contributed by atoms with Gasteiger partial charge in [0, 0.05) is 11.1 Å². The molecule has 1 saturated carbocycles. The molecule has 0 spiro atoms. The maximum absolute atomic E-state index is 13.7. The van der Waals surface area contributed by atoms with Crippen LogP contribution in [0.5, 0.6) is 5.75 Å². The molecule has 1 fully saturated rings. The topological polar surface area (TPSA) is 75.7 Å². The minimum Gasteiger partial charge on any atom is -0.495 e. The van der Waals surface area contributed by atoms with Crippen molar-refractivity contribution in [2.24, 2.45) is 0 Å². The van der Waals surface area contributed by atoms with E-state index in [0.717, 1.165) is 29.6 Å². The summed E-state index contributed by atoms with van der Waals surface area (Å²) in [5.41, 5.74) is -0.916. The molecular weight excluding hydrogens is 493 g/mol. The lowest BCUT2D eigenvalue weighted by atomic mass is 9.95. The zero-order valence-electron chi connectivity index (χ0n) is 18.8. The van der Waals surface area contributed by atoms with E-state index in [-0.39, 0.29) is 15.7 Å². The summed E-state index contributed by atoms with van der Waals surface area (Å²) in [6.45, 7) is 1.10. The van der Waals surface area contributed by atoms with Gasteiger partial charge in [0.05, 0.1) is 24.9 Å². The van der Waals surface area contributed by atoms with Gasteiger partial charge in [0.25, 0.3) is 0 Å². The van der Waals surface area contributed by atoms with Crippen LogP contribution in [0.2, 0.25) is 5.02 Å². The molecule has 1 amide bonds. The summed E-state index contributed by atoms with van der Waals surface area (Å²) in [6.07, 6.45) is -1.12. The fourth-order valence-electron chi connectivity index (χ4n) is 4.08. The summed E-state index contributed by atoms with van der Waals surface area (Å²) >= 11 is 5.70. The minimum atomic E-state index is -4.75. The van der Waals surface area contributed by atoms with Crippen LogP contribution in [0.1, 0.15) is 43.2 Å². The second kappa shape index (κ2) is 10.5. The van der Waals surface area contributed by atoms with Gasteiger partial charge in [0.2, 0.25) is 15.9 Å². The summed E-state index contributed by atoms with van der Waals surface area (Å²) in [6, 6.07) is 7.22. The number of sulfonamides is 1. The molecule has 1 aliphatic carbocycles. The van der Waals surface area contributed by atoms with E-state index >= 15 is 0 Å². The van der Waals surface area contributed by atoms with Crippen LogP contribution in [0, 0.1) is 6.92 Å². The molecule has 1 N–H and O–H groups in total. The van der Waals surface area contributed by atoms with Gasteiger partial charge in [-0.05, 0) is 55.7 Å². The van der Waals surface area contributed by atoms with E-state index in [1.807, 2.05) is 0 Å². The number of alkyl halides is 3. The third-order valence-electron chi connectivity index (χ3n) is 5.75. The second-order valence-electron chi connectivity index (χ2n) is 8.23. The maximum atomic E-state index is 13.7. The van der Waals surface area contributed by atoms with E-state index in [2.05, 4.69) is 5.32 Å². The molecule has 3 rings (SSSR count). The standard InChI is InChI=1S/C23H26ClF3N2O4S/c1-15-8-11-20(33-2)21(12-15)34(31,32)29(17-6-4-3-5-7-17)14-22(30)28-19-10-9-16(24)13-18(19)23(25,26)27/h8-13,17H,3-7,14H2,1-2H3,(H,28,30). The molecule has 0 atom stereocenters. The van der Waals surface area contributed by atoms with Crippen LogP contribution in [0.4, 0.5) is 18.9 Å². The van der Waals surface area contributed by atoms with Crippen molar-refractivity contribution in [3.8, 4) is 5.75 Å². The molecule has 2 aromatic rings. The van der Waals surface area contributed by atoms with Crippen molar-refractivity contribution in [2.45, 2.75) is 56.1 Å². The zero-order valence-corrected chi connectivity index (χ0v) is 20.4. The number of rotatable bonds is 7. The van der Waals surface area contributed by atoms with Gasteiger partial charge < -0.3 is 10.1 Å². The fraction of sp³-hybridized carbons (Fsp3) is 0.435. The molecule has 0 heterocycles. The van der Waals surface area contributed by atoms with Gasteiger partial charge in [-0.15, -0.1) is 0 Å². The van der Waals surface area contributed by atoms with Crippen molar-refractivity contribution in [3.63, 3.8) is 0 Å². The molecule has 186 valence electrons.